The highest BCUT2D eigenvalue weighted by molar-refractivity contribution is 5.87. The average Bonchev–Trinajstić information content (AvgIpc) is 3.05. The van der Waals surface area contributed by atoms with Crippen molar-refractivity contribution in [3.63, 3.8) is 0 Å². The molecule has 7 nitrogen and oxygen atoms in total. The van der Waals surface area contributed by atoms with E-state index in [-0.39, 0.29) is 16.9 Å². The Bertz CT molecular complexity index is 1080. The second-order valence-electron chi connectivity index (χ2n) is 7.54. The van der Waals surface area contributed by atoms with E-state index in [1.165, 1.54) is 6.08 Å². The minimum Gasteiger partial charge on any atom is -0.356 e. The number of allylic oxidation sites excluding steroid dienone is 1. The lowest BCUT2D eigenvalue weighted by Gasteiger charge is -2.24. The Hall–Kier alpha value is -3.22. The topological polar surface area (TPSA) is 92.7 Å². The van der Waals surface area contributed by atoms with E-state index in [1.54, 1.807) is 31.8 Å². The van der Waals surface area contributed by atoms with Gasteiger partial charge in [0.2, 0.25) is 5.91 Å². The van der Waals surface area contributed by atoms with E-state index in [4.69, 9.17) is 4.98 Å². The van der Waals surface area contributed by atoms with Crippen molar-refractivity contribution in [3.05, 3.63) is 69.9 Å². The summed E-state index contributed by atoms with van der Waals surface area (Å²) < 4.78 is 1.63. The molecular weight excluding hydrogens is 378 g/mol. The summed E-state index contributed by atoms with van der Waals surface area (Å²) in [4.78, 5) is 30.5. The highest BCUT2D eigenvalue weighted by Gasteiger charge is 2.27. The summed E-state index contributed by atoms with van der Waals surface area (Å²) in [6, 6.07) is 10.1. The van der Waals surface area contributed by atoms with Gasteiger partial charge in [-0.15, -0.1) is 0 Å². The highest BCUT2D eigenvalue weighted by atomic mass is 16.1. The van der Waals surface area contributed by atoms with E-state index in [0.717, 1.165) is 29.6 Å². The van der Waals surface area contributed by atoms with Gasteiger partial charge in [0.25, 0.3) is 5.56 Å². The largest absolute Gasteiger partial charge is 0.356 e. The summed E-state index contributed by atoms with van der Waals surface area (Å²) in [6.45, 7) is 8.04. The van der Waals surface area contributed by atoms with Crippen LogP contribution in [-0.4, -0.2) is 32.7 Å². The lowest BCUT2D eigenvalue weighted by Crippen LogP contribution is -2.26. The molecular formula is C23H31N5O2. The Kier molecular flexibility index (Phi) is 7.69. The maximum Gasteiger partial charge on any atom is 0.277 e. The number of amides is 1. The summed E-state index contributed by atoms with van der Waals surface area (Å²) in [6.07, 6.45) is 4.95. The van der Waals surface area contributed by atoms with Gasteiger partial charge in [-0.3, -0.25) is 14.3 Å². The Morgan fingerprint density at radius 2 is 1.93 bits per heavy atom. The van der Waals surface area contributed by atoms with Gasteiger partial charge >= 0.3 is 0 Å². The van der Waals surface area contributed by atoms with Gasteiger partial charge in [-0.2, -0.15) is 5.10 Å². The van der Waals surface area contributed by atoms with Crippen molar-refractivity contribution in [2.45, 2.75) is 46.0 Å². The number of aromatic amines is 1. The van der Waals surface area contributed by atoms with E-state index in [1.807, 2.05) is 18.2 Å². The smallest absolute Gasteiger partial charge is 0.277 e. The van der Waals surface area contributed by atoms with Gasteiger partial charge in [-0.05, 0) is 38.8 Å². The van der Waals surface area contributed by atoms with E-state index in [0.29, 0.717) is 11.3 Å². The van der Waals surface area contributed by atoms with Crippen molar-refractivity contribution in [3.8, 4) is 0 Å². The lowest BCUT2D eigenvalue weighted by atomic mass is 9.84. The maximum atomic E-state index is 12.6. The molecule has 0 atom stereocenters. The first-order chi connectivity index (χ1) is 14.3. The van der Waals surface area contributed by atoms with Crippen LogP contribution in [-0.2, 0) is 23.7 Å². The van der Waals surface area contributed by atoms with Crippen LogP contribution >= 0.6 is 0 Å². The summed E-state index contributed by atoms with van der Waals surface area (Å²) in [5.41, 5.74) is 2.75. The number of aryl methyl sites for hydroxylation is 2. The normalized spacial score (nSPS) is 11.4. The van der Waals surface area contributed by atoms with Crippen LogP contribution in [0.5, 0.6) is 0 Å². The zero-order valence-corrected chi connectivity index (χ0v) is 18.6. The molecule has 30 heavy (non-hydrogen) atoms. The number of benzene rings is 1. The monoisotopic (exact) mass is 409 g/mol. The van der Waals surface area contributed by atoms with Crippen molar-refractivity contribution >= 4 is 16.9 Å². The van der Waals surface area contributed by atoms with Crippen molar-refractivity contribution in [1.29, 1.82) is 0 Å². The molecule has 3 rings (SSSR count). The number of nitrogens with one attached hydrogen (secondary N) is 2. The Balaban J connectivity index is 0.000000396. The number of nitrogens with zero attached hydrogens (tertiary/aromatic N) is 3. The van der Waals surface area contributed by atoms with Crippen molar-refractivity contribution in [2.24, 2.45) is 7.05 Å². The summed E-state index contributed by atoms with van der Waals surface area (Å²) >= 11 is 0. The van der Waals surface area contributed by atoms with Crippen LogP contribution in [0.15, 0.2) is 47.3 Å². The molecule has 0 spiro atoms. The van der Waals surface area contributed by atoms with Gasteiger partial charge in [-0.25, -0.2) is 4.98 Å². The van der Waals surface area contributed by atoms with E-state index < -0.39 is 0 Å². The molecule has 7 heteroatoms. The van der Waals surface area contributed by atoms with Gasteiger partial charge in [0.15, 0.2) is 5.52 Å². The van der Waals surface area contributed by atoms with Crippen LogP contribution in [0, 0.1) is 0 Å². The Morgan fingerprint density at radius 3 is 2.47 bits per heavy atom. The molecule has 0 bridgehead atoms. The minimum atomic E-state index is -0.381. The van der Waals surface area contributed by atoms with E-state index >= 15 is 0 Å². The molecule has 0 radical (unpaired) electrons. The van der Waals surface area contributed by atoms with Crippen molar-refractivity contribution in [2.75, 3.05) is 7.05 Å². The molecule has 3 aromatic rings. The number of carbonyl (C=O) groups excluding carboxylic acids is 1. The SMILES string of the molecule is C/C=C/C(=O)NC.CCCc1nn(C)c2c(=O)[nH]c(C(C)(C)c3ccccc3)nc12. The van der Waals surface area contributed by atoms with Crippen LogP contribution in [0.4, 0.5) is 0 Å². The second-order valence-corrected chi connectivity index (χ2v) is 7.54. The van der Waals surface area contributed by atoms with Crippen molar-refractivity contribution in [1.82, 2.24) is 25.1 Å². The second kappa shape index (κ2) is 10.0. The average molecular weight is 410 g/mol. The fourth-order valence-corrected chi connectivity index (χ4v) is 3.17. The number of hydrogen-bond donors (Lipinski definition) is 2. The zero-order chi connectivity index (χ0) is 22.3. The summed E-state index contributed by atoms with van der Waals surface area (Å²) in [5, 5.41) is 6.91. The van der Waals surface area contributed by atoms with Gasteiger partial charge in [0, 0.05) is 19.5 Å². The van der Waals surface area contributed by atoms with Crippen LogP contribution in [0.25, 0.3) is 11.0 Å². The molecule has 160 valence electrons. The summed E-state index contributed by atoms with van der Waals surface area (Å²) in [7, 11) is 3.39. The molecule has 0 aliphatic carbocycles. The van der Waals surface area contributed by atoms with E-state index in [9.17, 15) is 9.59 Å². The van der Waals surface area contributed by atoms with Gasteiger partial charge in [0.1, 0.15) is 11.3 Å². The molecule has 1 amide bonds. The quantitative estimate of drug-likeness (QED) is 0.633. The van der Waals surface area contributed by atoms with Crippen LogP contribution in [0.1, 0.15) is 51.2 Å². The molecule has 1 aromatic carbocycles. The molecule has 2 N–H and O–H groups in total. The number of likely N-dealkylation sites (N-methyl/N-ethyl adjacent to an activating group) is 1. The van der Waals surface area contributed by atoms with Crippen LogP contribution in [0.2, 0.25) is 0 Å². The van der Waals surface area contributed by atoms with Gasteiger partial charge in [0.05, 0.1) is 5.69 Å². The number of rotatable bonds is 5. The predicted molar refractivity (Wildman–Crippen MR) is 121 cm³/mol. The molecule has 2 aromatic heterocycles. The fourth-order valence-electron chi connectivity index (χ4n) is 3.17. The first-order valence-electron chi connectivity index (χ1n) is 10.1. The molecule has 0 saturated carbocycles. The molecule has 2 heterocycles. The standard InChI is InChI=1S/C18H22N4O.C5H9NO/c1-5-9-13-14-15(22(4)21-13)16(23)20-17(19-14)18(2,3)12-10-7-6-8-11-12;1-3-4-5(7)6-2/h6-8,10-11H,5,9H2,1-4H3,(H,19,20,23);3-4H,1-2H3,(H,6,7)/b;4-3+. The van der Waals surface area contributed by atoms with Crippen molar-refractivity contribution < 1.29 is 4.79 Å². The zero-order valence-electron chi connectivity index (χ0n) is 18.6. The van der Waals surface area contributed by atoms with Crippen LogP contribution < -0.4 is 10.9 Å². The Morgan fingerprint density at radius 1 is 1.27 bits per heavy atom. The first-order valence-corrected chi connectivity index (χ1v) is 10.1. The van der Waals surface area contributed by atoms with Gasteiger partial charge < -0.3 is 10.3 Å². The first kappa shape index (κ1) is 23.1. The number of fused-ring (bicyclic) bond motifs is 1. The maximum absolute atomic E-state index is 12.6. The van der Waals surface area contributed by atoms with Crippen LogP contribution in [0.3, 0.4) is 0 Å². The molecule has 0 aliphatic heterocycles. The number of hydrogen-bond acceptors (Lipinski definition) is 4. The fraction of sp³-hybridized carbons (Fsp3) is 0.391. The lowest BCUT2D eigenvalue weighted by molar-refractivity contribution is -0.116. The highest BCUT2D eigenvalue weighted by Crippen LogP contribution is 2.29. The molecule has 0 aliphatic rings. The molecule has 0 unspecified atom stereocenters. The predicted octanol–water partition coefficient (Wildman–Crippen LogP) is 3.24. The molecule has 0 fully saturated rings. The Labute approximate surface area is 177 Å². The molecule has 0 saturated heterocycles. The van der Waals surface area contributed by atoms with Gasteiger partial charge in [-0.1, -0.05) is 49.8 Å². The minimum absolute atomic E-state index is 0.0532. The number of H-pyrrole nitrogens is 1. The number of aromatic nitrogens is 4. The third kappa shape index (κ3) is 5.03. The third-order valence-corrected chi connectivity index (χ3v) is 4.90. The number of carbonyl (C=O) groups is 1. The summed E-state index contributed by atoms with van der Waals surface area (Å²) in [5.74, 6) is 0.619. The third-order valence-electron chi connectivity index (χ3n) is 4.90. The van der Waals surface area contributed by atoms with E-state index in [2.05, 4.69) is 48.3 Å².